The molecule has 28 heavy (non-hydrogen) atoms. The number of hydrogen-bond donors (Lipinski definition) is 2. The minimum atomic E-state index is -0.791. The summed E-state index contributed by atoms with van der Waals surface area (Å²) in [6.07, 6.45) is -0.791. The van der Waals surface area contributed by atoms with Crippen LogP contribution in [0.15, 0.2) is 43.7 Å². The van der Waals surface area contributed by atoms with Gasteiger partial charge in [0.1, 0.15) is 11.5 Å². The second-order valence-corrected chi connectivity index (χ2v) is 8.72. The molecule has 0 aliphatic carbocycles. The number of halogens is 3. The number of hydrogen-bond acceptors (Lipinski definition) is 4. The van der Waals surface area contributed by atoms with Crippen LogP contribution in [0.3, 0.4) is 0 Å². The van der Waals surface area contributed by atoms with Crippen molar-refractivity contribution in [3.05, 3.63) is 54.9 Å². The van der Waals surface area contributed by atoms with E-state index in [0.717, 1.165) is 20.1 Å². The third-order valence-electron chi connectivity index (χ3n) is 3.67. The maximum atomic E-state index is 12.2. The zero-order valence-electron chi connectivity index (χ0n) is 15.4. The third-order valence-corrected chi connectivity index (χ3v) is 5.24. The van der Waals surface area contributed by atoms with E-state index in [9.17, 15) is 9.59 Å². The van der Waals surface area contributed by atoms with E-state index in [1.807, 2.05) is 26.0 Å². The third kappa shape index (κ3) is 6.49. The number of amides is 2. The molecule has 0 aliphatic rings. The molecule has 0 heterocycles. The summed E-state index contributed by atoms with van der Waals surface area (Å²) >= 11 is 10.1. The van der Waals surface area contributed by atoms with Crippen molar-refractivity contribution in [1.82, 2.24) is 10.9 Å². The molecule has 9 heteroatoms. The highest BCUT2D eigenvalue weighted by molar-refractivity contribution is 9.11. The van der Waals surface area contributed by atoms with E-state index in [1.165, 1.54) is 0 Å². The zero-order valence-corrected chi connectivity index (χ0v) is 20.2. The van der Waals surface area contributed by atoms with Gasteiger partial charge in [-0.15, -0.1) is 0 Å². The minimum Gasteiger partial charge on any atom is -0.483 e. The molecule has 0 saturated carbocycles. The number of benzene rings is 2. The van der Waals surface area contributed by atoms with Crippen LogP contribution < -0.4 is 20.3 Å². The quantitative estimate of drug-likeness (QED) is 0.492. The van der Waals surface area contributed by atoms with Gasteiger partial charge in [0.05, 0.1) is 4.47 Å². The number of hydrazine groups is 1. The van der Waals surface area contributed by atoms with Crippen LogP contribution in [0.25, 0.3) is 0 Å². The van der Waals surface area contributed by atoms with Crippen LogP contribution in [0, 0.1) is 13.8 Å². The lowest BCUT2D eigenvalue weighted by Crippen LogP contribution is -2.48. The molecule has 2 rings (SSSR count). The molecule has 0 radical (unpaired) electrons. The molecule has 1 unspecified atom stereocenters. The standard InChI is InChI=1S/C19H19Br3N2O4/c1-10-6-14(21)7-11(2)18(10)28-12(3)19(26)24-23-17(25)9-27-16-5-4-13(20)8-15(16)22/h4-8,12H,9H2,1-3H3,(H,23,25)(H,24,26). The van der Waals surface area contributed by atoms with E-state index >= 15 is 0 Å². The Balaban J connectivity index is 1.83. The number of aryl methyl sites for hydroxylation is 2. The Morgan fingerprint density at radius 2 is 1.64 bits per heavy atom. The fourth-order valence-corrected chi connectivity index (χ4v) is 4.17. The lowest BCUT2D eigenvalue weighted by molar-refractivity contribution is -0.133. The SMILES string of the molecule is Cc1cc(Br)cc(C)c1OC(C)C(=O)NNC(=O)COc1ccc(Br)cc1Br. The van der Waals surface area contributed by atoms with Crippen molar-refractivity contribution in [1.29, 1.82) is 0 Å². The van der Waals surface area contributed by atoms with Crippen molar-refractivity contribution < 1.29 is 19.1 Å². The van der Waals surface area contributed by atoms with Crippen LogP contribution in [0.4, 0.5) is 0 Å². The Bertz CT molecular complexity index is 866. The maximum Gasteiger partial charge on any atom is 0.279 e. The summed E-state index contributed by atoms with van der Waals surface area (Å²) in [7, 11) is 0. The molecule has 0 spiro atoms. The molecule has 2 aromatic rings. The summed E-state index contributed by atoms with van der Waals surface area (Å²) in [6, 6.07) is 9.14. The first-order valence-corrected chi connectivity index (χ1v) is 10.6. The number of carbonyl (C=O) groups excluding carboxylic acids is 2. The second-order valence-electron chi connectivity index (χ2n) is 6.03. The summed E-state index contributed by atoms with van der Waals surface area (Å²) in [5, 5.41) is 0. The van der Waals surface area contributed by atoms with Gasteiger partial charge in [0.25, 0.3) is 11.8 Å². The number of ether oxygens (including phenoxy) is 2. The molecule has 2 amide bonds. The van der Waals surface area contributed by atoms with Crippen LogP contribution in [-0.4, -0.2) is 24.5 Å². The Labute approximate surface area is 188 Å². The Kier molecular flexibility index (Phi) is 8.33. The molecular weight excluding hydrogens is 560 g/mol. The van der Waals surface area contributed by atoms with Crippen LogP contribution in [0.1, 0.15) is 18.1 Å². The number of carbonyl (C=O) groups is 2. The monoisotopic (exact) mass is 576 g/mol. The summed E-state index contributed by atoms with van der Waals surface area (Å²) < 4.78 is 13.7. The van der Waals surface area contributed by atoms with Crippen molar-refractivity contribution in [3.63, 3.8) is 0 Å². The molecule has 2 N–H and O–H groups in total. The highest BCUT2D eigenvalue weighted by Gasteiger charge is 2.18. The van der Waals surface area contributed by atoms with Gasteiger partial charge in [-0.3, -0.25) is 20.4 Å². The zero-order chi connectivity index (χ0) is 20.8. The predicted octanol–water partition coefficient (Wildman–Crippen LogP) is 4.58. The Morgan fingerprint density at radius 1 is 1.00 bits per heavy atom. The lowest BCUT2D eigenvalue weighted by Gasteiger charge is -2.18. The topological polar surface area (TPSA) is 76.7 Å². The van der Waals surface area contributed by atoms with Crippen LogP contribution in [-0.2, 0) is 9.59 Å². The number of nitrogens with one attached hydrogen (secondary N) is 2. The molecule has 0 fully saturated rings. The van der Waals surface area contributed by atoms with Crippen LogP contribution in [0.2, 0.25) is 0 Å². The van der Waals surface area contributed by atoms with Crippen molar-refractivity contribution >= 4 is 59.6 Å². The molecule has 2 aromatic carbocycles. The fourth-order valence-electron chi connectivity index (χ4n) is 2.32. The van der Waals surface area contributed by atoms with E-state index in [0.29, 0.717) is 16.0 Å². The van der Waals surface area contributed by atoms with Gasteiger partial charge in [-0.1, -0.05) is 31.9 Å². The fraction of sp³-hybridized carbons (Fsp3) is 0.263. The van der Waals surface area contributed by atoms with Gasteiger partial charge in [0, 0.05) is 8.95 Å². The van der Waals surface area contributed by atoms with Gasteiger partial charge in [0.15, 0.2) is 12.7 Å². The van der Waals surface area contributed by atoms with Gasteiger partial charge in [-0.2, -0.15) is 0 Å². The van der Waals surface area contributed by atoms with Gasteiger partial charge >= 0.3 is 0 Å². The van der Waals surface area contributed by atoms with Gasteiger partial charge < -0.3 is 9.47 Å². The number of rotatable bonds is 6. The minimum absolute atomic E-state index is 0.249. The molecule has 0 saturated heterocycles. The average molecular weight is 579 g/mol. The van der Waals surface area contributed by atoms with Crippen molar-refractivity contribution in [2.45, 2.75) is 26.9 Å². The summed E-state index contributed by atoms with van der Waals surface area (Å²) in [5.41, 5.74) is 6.47. The smallest absolute Gasteiger partial charge is 0.279 e. The highest BCUT2D eigenvalue weighted by Crippen LogP contribution is 2.29. The lowest BCUT2D eigenvalue weighted by atomic mass is 10.1. The summed E-state index contributed by atoms with van der Waals surface area (Å²) in [4.78, 5) is 24.1. The van der Waals surface area contributed by atoms with Gasteiger partial charge in [-0.25, -0.2) is 0 Å². The summed E-state index contributed by atoms with van der Waals surface area (Å²) in [6.45, 7) is 5.16. The molecule has 6 nitrogen and oxygen atoms in total. The average Bonchev–Trinajstić information content (AvgIpc) is 2.61. The Morgan fingerprint density at radius 3 is 2.25 bits per heavy atom. The van der Waals surface area contributed by atoms with E-state index < -0.39 is 17.9 Å². The van der Waals surface area contributed by atoms with E-state index in [4.69, 9.17) is 9.47 Å². The summed E-state index contributed by atoms with van der Waals surface area (Å²) in [5.74, 6) is 0.189. The van der Waals surface area contributed by atoms with E-state index in [2.05, 4.69) is 58.6 Å². The predicted molar refractivity (Wildman–Crippen MR) is 117 cm³/mol. The Hall–Kier alpha value is -1.58. The molecule has 0 aromatic heterocycles. The molecule has 1 atom stereocenters. The first-order chi connectivity index (χ1) is 13.2. The first-order valence-electron chi connectivity index (χ1n) is 8.27. The highest BCUT2D eigenvalue weighted by atomic mass is 79.9. The first kappa shape index (κ1) is 22.7. The van der Waals surface area contributed by atoms with Gasteiger partial charge in [0.2, 0.25) is 0 Å². The van der Waals surface area contributed by atoms with Crippen LogP contribution >= 0.6 is 47.8 Å². The van der Waals surface area contributed by atoms with Crippen molar-refractivity contribution in [3.8, 4) is 11.5 Å². The van der Waals surface area contributed by atoms with Crippen molar-refractivity contribution in [2.24, 2.45) is 0 Å². The molecule has 150 valence electrons. The maximum absolute atomic E-state index is 12.2. The van der Waals surface area contributed by atoms with E-state index in [-0.39, 0.29) is 6.61 Å². The van der Waals surface area contributed by atoms with Crippen molar-refractivity contribution in [2.75, 3.05) is 6.61 Å². The second kappa shape index (κ2) is 10.3. The van der Waals surface area contributed by atoms with E-state index in [1.54, 1.807) is 25.1 Å². The normalized spacial score (nSPS) is 11.5. The molecule has 0 bridgehead atoms. The molecule has 0 aliphatic heterocycles. The van der Waals surface area contributed by atoms with Crippen LogP contribution in [0.5, 0.6) is 11.5 Å². The molecular formula is C19H19Br3N2O4. The largest absolute Gasteiger partial charge is 0.483 e. The van der Waals surface area contributed by atoms with Gasteiger partial charge in [-0.05, 0) is 78.2 Å².